The molecule has 20 heteroatoms. The Morgan fingerprint density at radius 2 is 1.24 bits per heavy atom. The second kappa shape index (κ2) is 21.3. The van der Waals surface area contributed by atoms with Gasteiger partial charge in [0.2, 0.25) is 11.8 Å². The molecule has 0 aromatic carbocycles. The Morgan fingerprint density at radius 1 is 0.760 bits per heavy atom. The van der Waals surface area contributed by atoms with Crippen LogP contribution in [0.5, 0.6) is 0 Å². The molecule has 9 N–H and O–H groups in total. The van der Waals surface area contributed by atoms with E-state index >= 15 is 0 Å². The molecule has 0 aliphatic carbocycles. The molecule has 2 fully saturated rings. The largest absolute Gasteiger partial charge is 0.472 e. The Morgan fingerprint density at radius 3 is 1.74 bits per heavy atom. The number of ether oxygens (including phenoxy) is 5. The van der Waals surface area contributed by atoms with Gasteiger partial charge in [-0.15, -0.1) is 0 Å². The Labute approximate surface area is 292 Å². The van der Waals surface area contributed by atoms with Crippen LogP contribution in [-0.4, -0.2) is 160 Å². The molecular weight excluding hydrogens is 691 g/mol. The molecule has 2 heterocycles. The van der Waals surface area contributed by atoms with Gasteiger partial charge in [0.15, 0.2) is 12.6 Å². The molecule has 2 amide bonds. The van der Waals surface area contributed by atoms with E-state index in [4.69, 9.17) is 32.7 Å². The summed E-state index contributed by atoms with van der Waals surface area (Å²) in [6, 6.07) is -2.26. The molecule has 0 spiro atoms. The average Bonchev–Trinajstić information content (AvgIpc) is 3.01. The topological polar surface area (TPSA) is 281 Å². The first-order valence-corrected chi connectivity index (χ1v) is 18.2. The van der Waals surface area contributed by atoms with E-state index in [0.717, 1.165) is 19.3 Å². The summed E-state index contributed by atoms with van der Waals surface area (Å²) in [5.41, 5.74) is -1.01. The van der Waals surface area contributed by atoms with Gasteiger partial charge in [-0.3, -0.25) is 18.6 Å². The van der Waals surface area contributed by atoms with Gasteiger partial charge >= 0.3 is 7.82 Å². The lowest BCUT2D eigenvalue weighted by molar-refractivity contribution is -0.287. The number of hydrogen-bond donors (Lipinski definition) is 9. The van der Waals surface area contributed by atoms with E-state index in [2.05, 4.69) is 10.6 Å². The smallest absolute Gasteiger partial charge is 0.394 e. The lowest BCUT2D eigenvalue weighted by atomic mass is 9.97. The minimum atomic E-state index is -4.54. The summed E-state index contributed by atoms with van der Waals surface area (Å²) in [5.74, 6) is -0.998. The van der Waals surface area contributed by atoms with Crippen LogP contribution < -0.4 is 10.6 Å². The monoisotopic (exact) mass is 748 g/mol. The van der Waals surface area contributed by atoms with Gasteiger partial charge in [0.1, 0.15) is 54.8 Å². The average molecular weight is 749 g/mol. The van der Waals surface area contributed by atoms with Crippen LogP contribution in [-0.2, 0) is 46.9 Å². The number of carbonyl (C=O) groups excluding carboxylic acids is 2. The van der Waals surface area contributed by atoms with Crippen LogP contribution in [0.2, 0.25) is 0 Å². The summed E-state index contributed by atoms with van der Waals surface area (Å²) in [5, 5.41) is 65.4. The SMILES string of the molecule is CC(=O)N[C@H]1[C@H](OCCCCCCCOC[C@H](COP(=O)(O)OC(C)(C)C)O[C@@H]2O[C@H](CO)[C@H](O)[C@H](O)[C@H]2NC(C)=O)O[C@H](CO)[C@H](O)[C@@H]1O. The standard InChI is InChI=1S/C30H57N2O17P/c1-17(35)31-22-26(39)24(37)20(13-33)47-28(22)44-12-10-8-6-7-9-11-43-15-19(16-45-50(41,42)49-30(3,4)5)46-29-23(32-18(2)36)27(40)25(38)21(14-34)48-29/h19-29,33-34,37-40H,6-16H2,1-5H3,(H,31,35)(H,32,36)(H,41,42)/t19-,20-,21-,22-,23-,24+,25+,26-,27-,28-,29-/m1/s1. The third-order valence-corrected chi connectivity index (χ3v) is 8.91. The predicted molar refractivity (Wildman–Crippen MR) is 172 cm³/mol. The lowest BCUT2D eigenvalue weighted by Crippen LogP contribution is -2.65. The molecule has 0 radical (unpaired) electrons. The molecule has 1 unspecified atom stereocenters. The number of carbonyl (C=O) groups is 2. The van der Waals surface area contributed by atoms with Crippen molar-refractivity contribution in [1.82, 2.24) is 10.6 Å². The second-order valence-electron chi connectivity index (χ2n) is 13.3. The van der Waals surface area contributed by atoms with E-state index in [1.54, 1.807) is 20.8 Å². The molecule has 294 valence electrons. The molecule has 12 atom stereocenters. The highest BCUT2D eigenvalue weighted by molar-refractivity contribution is 7.47. The first-order chi connectivity index (χ1) is 23.4. The Balaban J connectivity index is 1.86. The number of amides is 2. The molecule has 2 saturated heterocycles. The van der Waals surface area contributed by atoms with Gasteiger partial charge in [0, 0.05) is 27.1 Å². The zero-order chi connectivity index (χ0) is 37.6. The van der Waals surface area contributed by atoms with Crippen molar-refractivity contribution in [3.05, 3.63) is 0 Å². The summed E-state index contributed by atoms with van der Waals surface area (Å²) in [7, 11) is -4.54. The third-order valence-electron chi connectivity index (χ3n) is 7.66. The molecule has 0 saturated carbocycles. The van der Waals surface area contributed by atoms with Crippen LogP contribution in [0.4, 0.5) is 0 Å². The van der Waals surface area contributed by atoms with E-state index in [9.17, 15) is 49.7 Å². The number of aliphatic hydroxyl groups excluding tert-OH is 6. The van der Waals surface area contributed by atoms with E-state index in [1.807, 2.05) is 0 Å². The highest BCUT2D eigenvalue weighted by atomic mass is 31.2. The van der Waals surface area contributed by atoms with E-state index in [0.29, 0.717) is 12.8 Å². The molecule has 0 aromatic heterocycles. The molecule has 19 nitrogen and oxygen atoms in total. The second-order valence-corrected chi connectivity index (χ2v) is 14.7. The van der Waals surface area contributed by atoms with Crippen molar-refractivity contribution in [3.63, 3.8) is 0 Å². The highest BCUT2D eigenvalue weighted by Gasteiger charge is 2.47. The van der Waals surface area contributed by atoms with Crippen molar-refractivity contribution in [2.45, 2.75) is 140 Å². The summed E-state index contributed by atoms with van der Waals surface area (Å²) >= 11 is 0. The predicted octanol–water partition coefficient (Wildman–Crippen LogP) is -1.83. The first-order valence-electron chi connectivity index (χ1n) is 16.7. The van der Waals surface area contributed by atoms with Crippen molar-refractivity contribution in [2.75, 3.05) is 39.6 Å². The minimum Gasteiger partial charge on any atom is -0.394 e. The first kappa shape index (κ1) is 44.8. The number of phosphoric ester groups is 1. The number of aliphatic hydroxyl groups is 6. The van der Waals surface area contributed by atoms with Crippen molar-refractivity contribution < 1.29 is 82.4 Å². The zero-order valence-corrected chi connectivity index (χ0v) is 30.2. The number of phosphoric acid groups is 1. The van der Waals surface area contributed by atoms with Crippen LogP contribution >= 0.6 is 7.82 Å². The summed E-state index contributed by atoms with van der Waals surface area (Å²) < 4.78 is 51.3. The maximum Gasteiger partial charge on any atom is 0.472 e. The third kappa shape index (κ3) is 15.3. The molecular formula is C30H57N2O17P. The van der Waals surface area contributed by atoms with E-state index < -0.39 is 112 Å². The fourth-order valence-corrected chi connectivity index (χ4v) is 6.42. The Hall–Kier alpha value is -1.39. The van der Waals surface area contributed by atoms with Gasteiger partial charge in [0.05, 0.1) is 32.0 Å². The number of unbranched alkanes of at least 4 members (excludes halogenated alkanes) is 4. The van der Waals surface area contributed by atoms with Gasteiger partial charge in [-0.25, -0.2) is 4.57 Å². The zero-order valence-electron chi connectivity index (χ0n) is 29.3. The van der Waals surface area contributed by atoms with Gasteiger partial charge < -0.3 is 69.9 Å². The maximum absolute atomic E-state index is 12.5. The number of hydrogen-bond acceptors (Lipinski definition) is 16. The van der Waals surface area contributed by atoms with E-state index in [1.165, 1.54) is 13.8 Å². The van der Waals surface area contributed by atoms with Crippen molar-refractivity contribution >= 4 is 19.6 Å². The maximum atomic E-state index is 12.5. The Bertz CT molecular complexity index is 1070. The van der Waals surface area contributed by atoms with E-state index in [-0.39, 0.29) is 19.8 Å². The van der Waals surface area contributed by atoms with Crippen molar-refractivity contribution in [1.29, 1.82) is 0 Å². The summed E-state index contributed by atoms with van der Waals surface area (Å²) in [4.78, 5) is 33.6. The van der Waals surface area contributed by atoms with Gasteiger partial charge in [-0.05, 0) is 33.6 Å². The quantitative estimate of drug-likeness (QED) is 0.0461. The van der Waals surface area contributed by atoms with Crippen molar-refractivity contribution in [2.24, 2.45) is 0 Å². The number of nitrogens with one attached hydrogen (secondary N) is 2. The van der Waals surface area contributed by atoms with Crippen LogP contribution in [0.25, 0.3) is 0 Å². The fourth-order valence-electron chi connectivity index (χ4n) is 5.32. The normalized spacial score (nSPS) is 32.2. The molecule has 2 rings (SSSR count). The van der Waals surface area contributed by atoms with Gasteiger partial charge in [-0.2, -0.15) is 0 Å². The van der Waals surface area contributed by atoms with Crippen LogP contribution in [0.15, 0.2) is 0 Å². The van der Waals surface area contributed by atoms with Crippen LogP contribution in [0.1, 0.15) is 66.7 Å². The van der Waals surface area contributed by atoms with Crippen LogP contribution in [0.3, 0.4) is 0 Å². The highest BCUT2D eigenvalue weighted by Crippen LogP contribution is 2.47. The molecule has 2 aliphatic rings. The summed E-state index contributed by atoms with van der Waals surface area (Å²) in [6.07, 6.45) is -8.15. The van der Waals surface area contributed by atoms with Crippen molar-refractivity contribution in [3.8, 4) is 0 Å². The minimum absolute atomic E-state index is 0.162. The molecule has 0 bridgehead atoms. The lowest BCUT2D eigenvalue weighted by Gasteiger charge is -2.43. The Kier molecular flexibility index (Phi) is 19.1. The number of rotatable bonds is 21. The van der Waals surface area contributed by atoms with Crippen LogP contribution in [0, 0.1) is 0 Å². The molecule has 0 aromatic rings. The molecule has 50 heavy (non-hydrogen) atoms. The van der Waals surface area contributed by atoms with Gasteiger partial charge in [0.25, 0.3) is 0 Å². The summed E-state index contributed by atoms with van der Waals surface area (Å²) in [6.45, 7) is 5.78. The fraction of sp³-hybridized carbons (Fsp3) is 0.933. The van der Waals surface area contributed by atoms with Gasteiger partial charge in [-0.1, -0.05) is 19.3 Å². The molecule has 2 aliphatic heterocycles.